The predicted molar refractivity (Wildman–Crippen MR) is 100 cm³/mol. The summed E-state index contributed by atoms with van der Waals surface area (Å²) in [6.07, 6.45) is 2.51. The minimum Gasteiger partial charge on any atom is -0.382 e. The monoisotopic (exact) mass is 425 g/mol. The number of ketones is 1. The Balaban J connectivity index is 2.60. The summed E-state index contributed by atoms with van der Waals surface area (Å²) in [5.41, 5.74) is 2.88. The van der Waals surface area contributed by atoms with Crippen LogP contribution in [0.3, 0.4) is 0 Å². The molecule has 4 nitrogen and oxygen atoms in total. The molecule has 6 heteroatoms. The number of fused-ring (bicyclic) bond motifs is 1. The molecule has 0 fully saturated rings. The summed E-state index contributed by atoms with van der Waals surface area (Å²) < 4.78 is 1.87. The van der Waals surface area contributed by atoms with Crippen LogP contribution >= 0.6 is 30.3 Å². The number of aryl methyl sites for hydroxylation is 1. The van der Waals surface area contributed by atoms with Crippen molar-refractivity contribution in [2.24, 2.45) is 0 Å². The molecule has 0 amide bonds. The number of nitrogens with zero attached hydrogens (tertiary/aromatic N) is 3. The lowest BCUT2D eigenvalue weighted by atomic mass is 10.1. The number of benzene rings is 1. The average Bonchev–Trinajstić information content (AvgIpc) is 2.88. The Bertz CT molecular complexity index is 787. The van der Waals surface area contributed by atoms with Crippen LogP contribution in [0.4, 0.5) is 0 Å². The van der Waals surface area contributed by atoms with E-state index in [0.29, 0.717) is 5.69 Å². The van der Waals surface area contributed by atoms with Crippen LogP contribution < -0.4 is 0 Å². The van der Waals surface area contributed by atoms with Crippen molar-refractivity contribution in [2.75, 3.05) is 14.1 Å². The molecule has 0 bridgehead atoms. The first kappa shape index (κ1) is 16.9. The first-order chi connectivity index (χ1) is 10.5. The lowest BCUT2D eigenvalue weighted by Gasteiger charge is -2.07. The van der Waals surface area contributed by atoms with E-state index in [4.69, 9.17) is 0 Å². The summed E-state index contributed by atoms with van der Waals surface area (Å²) in [6.45, 7) is 2.10. The summed E-state index contributed by atoms with van der Waals surface area (Å²) >= 11 is 2.15. The smallest absolute Gasteiger partial charge is 0.222 e. The fraction of sp³-hybridized carbons (Fsp3) is 0.250. The number of halogens is 1. The number of Topliss-reactive ketones (excluding diaryl/α,β-unsaturated/α-hetero) is 1. The van der Waals surface area contributed by atoms with Gasteiger partial charge in [0, 0.05) is 56.0 Å². The van der Waals surface area contributed by atoms with Gasteiger partial charge in [-0.1, -0.05) is 13.0 Å². The highest BCUT2D eigenvalue weighted by Gasteiger charge is 2.20. The van der Waals surface area contributed by atoms with E-state index >= 15 is 0 Å². The SMILES string of the molecule is CCc1ccc2c(c1)cc(C(=O)/C(C#N)=C/N(C)C)n2SI. The van der Waals surface area contributed by atoms with E-state index in [2.05, 4.69) is 40.3 Å². The molecular formula is C16H16IN3OS. The lowest BCUT2D eigenvalue weighted by Crippen LogP contribution is -2.10. The average molecular weight is 425 g/mol. The zero-order valence-corrected chi connectivity index (χ0v) is 15.6. The molecule has 0 aliphatic heterocycles. The third-order valence-electron chi connectivity index (χ3n) is 3.28. The van der Waals surface area contributed by atoms with Crippen LogP contribution in [-0.4, -0.2) is 28.8 Å². The van der Waals surface area contributed by atoms with Gasteiger partial charge in [-0.15, -0.1) is 0 Å². The van der Waals surface area contributed by atoms with Gasteiger partial charge < -0.3 is 4.90 Å². The van der Waals surface area contributed by atoms with E-state index in [-0.39, 0.29) is 11.4 Å². The normalized spacial score (nSPS) is 11.5. The molecule has 0 aliphatic carbocycles. The van der Waals surface area contributed by atoms with Crippen molar-refractivity contribution in [3.63, 3.8) is 0 Å². The minimum absolute atomic E-state index is 0.134. The fourth-order valence-electron chi connectivity index (χ4n) is 2.23. The summed E-state index contributed by atoms with van der Waals surface area (Å²) in [5.74, 6) is -0.255. The van der Waals surface area contributed by atoms with Crippen molar-refractivity contribution in [3.05, 3.63) is 47.3 Å². The Hall–Kier alpha value is -1.46. The van der Waals surface area contributed by atoms with Crippen LogP contribution in [0.5, 0.6) is 0 Å². The number of hydrogen-bond acceptors (Lipinski definition) is 4. The summed E-state index contributed by atoms with van der Waals surface area (Å²) in [4.78, 5) is 14.4. The maximum atomic E-state index is 12.7. The second-order valence-corrected chi connectivity index (χ2v) is 6.77. The highest BCUT2D eigenvalue weighted by atomic mass is 127. The fourth-order valence-corrected chi connectivity index (χ4v) is 3.95. The summed E-state index contributed by atoms with van der Waals surface area (Å²) in [5, 5.41) is 10.3. The number of rotatable bonds is 5. The maximum Gasteiger partial charge on any atom is 0.222 e. The topological polar surface area (TPSA) is 49.0 Å². The molecule has 1 heterocycles. The molecule has 0 aliphatic rings. The second-order valence-electron chi connectivity index (χ2n) is 5.09. The van der Waals surface area contributed by atoms with E-state index in [1.54, 1.807) is 25.2 Å². The van der Waals surface area contributed by atoms with Crippen LogP contribution in [0.25, 0.3) is 10.9 Å². The molecule has 22 heavy (non-hydrogen) atoms. The van der Waals surface area contributed by atoms with Crippen molar-refractivity contribution in [1.82, 2.24) is 8.87 Å². The number of nitriles is 1. The van der Waals surface area contributed by atoms with Crippen molar-refractivity contribution in [3.8, 4) is 6.07 Å². The van der Waals surface area contributed by atoms with Gasteiger partial charge in [-0.05, 0) is 30.2 Å². The molecule has 0 saturated heterocycles. The molecular weight excluding hydrogens is 409 g/mol. The Kier molecular flexibility index (Phi) is 5.53. The molecule has 1 aromatic carbocycles. The maximum absolute atomic E-state index is 12.7. The standard InChI is InChI=1S/C16H16IN3OS/c1-4-11-5-6-14-12(7-11)8-15(20(14)22-17)16(21)13(9-18)10-19(2)3/h5-8,10H,4H2,1-3H3/b13-10+. The first-order valence-electron chi connectivity index (χ1n) is 6.78. The minimum atomic E-state index is -0.255. The van der Waals surface area contributed by atoms with E-state index < -0.39 is 0 Å². The van der Waals surface area contributed by atoms with E-state index in [0.717, 1.165) is 17.3 Å². The molecule has 0 spiro atoms. The molecule has 0 unspecified atom stereocenters. The largest absolute Gasteiger partial charge is 0.382 e. The van der Waals surface area contributed by atoms with Crippen molar-refractivity contribution in [2.45, 2.75) is 13.3 Å². The number of carbonyl (C=O) groups is 1. The molecule has 1 aromatic heterocycles. The zero-order chi connectivity index (χ0) is 16.3. The van der Waals surface area contributed by atoms with Gasteiger partial charge in [0.25, 0.3) is 0 Å². The van der Waals surface area contributed by atoms with Crippen LogP contribution in [0.15, 0.2) is 36.0 Å². The van der Waals surface area contributed by atoms with Gasteiger partial charge in [-0.2, -0.15) is 5.26 Å². The summed E-state index contributed by atoms with van der Waals surface area (Å²) in [7, 11) is 5.02. The first-order valence-corrected chi connectivity index (χ1v) is 10.1. The highest BCUT2D eigenvalue weighted by molar-refractivity contribution is 14.2. The Morgan fingerprint density at radius 3 is 2.73 bits per heavy atom. The molecule has 2 rings (SSSR count). The van der Waals surface area contributed by atoms with Crippen molar-refractivity contribution >= 4 is 47.0 Å². The molecule has 0 radical (unpaired) electrons. The lowest BCUT2D eigenvalue weighted by molar-refractivity contribution is 0.103. The van der Waals surface area contributed by atoms with Gasteiger partial charge in [-0.3, -0.25) is 8.77 Å². The molecule has 114 valence electrons. The van der Waals surface area contributed by atoms with Crippen LogP contribution in [-0.2, 0) is 6.42 Å². The van der Waals surface area contributed by atoms with Gasteiger partial charge in [-0.25, -0.2) is 0 Å². The molecule has 2 aromatic rings. The molecule has 0 atom stereocenters. The Morgan fingerprint density at radius 2 is 2.18 bits per heavy atom. The number of allylic oxidation sites excluding steroid dienone is 1. The van der Waals surface area contributed by atoms with Crippen molar-refractivity contribution < 1.29 is 4.79 Å². The molecule has 0 saturated carbocycles. The number of hydrogen-bond donors (Lipinski definition) is 0. The predicted octanol–water partition coefficient (Wildman–Crippen LogP) is 4.20. The van der Waals surface area contributed by atoms with E-state index in [1.807, 2.05) is 22.2 Å². The van der Waals surface area contributed by atoms with Crippen molar-refractivity contribution in [1.29, 1.82) is 5.26 Å². The van der Waals surface area contributed by atoms with Crippen LogP contribution in [0.1, 0.15) is 23.0 Å². The van der Waals surface area contributed by atoms with Gasteiger partial charge in [0.05, 0.1) is 5.52 Å². The Labute approximate surface area is 146 Å². The molecule has 0 N–H and O–H groups in total. The Morgan fingerprint density at radius 1 is 1.45 bits per heavy atom. The zero-order valence-electron chi connectivity index (χ0n) is 12.6. The van der Waals surface area contributed by atoms with Gasteiger partial charge >= 0.3 is 0 Å². The number of aromatic nitrogens is 1. The summed E-state index contributed by atoms with van der Waals surface area (Å²) in [6, 6.07) is 10.0. The van der Waals surface area contributed by atoms with Gasteiger partial charge in [0.15, 0.2) is 0 Å². The third kappa shape index (κ3) is 3.31. The third-order valence-corrected chi connectivity index (χ3v) is 5.00. The highest BCUT2D eigenvalue weighted by Crippen LogP contribution is 2.30. The second kappa shape index (κ2) is 7.20. The number of carbonyl (C=O) groups excluding carboxylic acids is 1. The van der Waals surface area contributed by atoms with Crippen LogP contribution in [0, 0.1) is 11.3 Å². The van der Waals surface area contributed by atoms with Gasteiger partial charge in [0.2, 0.25) is 5.78 Å². The van der Waals surface area contributed by atoms with E-state index in [1.165, 1.54) is 14.7 Å². The van der Waals surface area contributed by atoms with Crippen LogP contribution in [0.2, 0.25) is 0 Å². The quantitative estimate of drug-likeness (QED) is 0.312. The van der Waals surface area contributed by atoms with E-state index in [9.17, 15) is 10.1 Å². The van der Waals surface area contributed by atoms with Gasteiger partial charge in [0.1, 0.15) is 17.3 Å².